The lowest BCUT2D eigenvalue weighted by Gasteiger charge is -2.44. The highest BCUT2D eigenvalue weighted by atomic mass is 16.1. The van der Waals surface area contributed by atoms with Crippen molar-refractivity contribution in [1.82, 2.24) is 0 Å². The van der Waals surface area contributed by atoms with Crippen molar-refractivity contribution in [2.75, 3.05) is 0 Å². The SMILES string of the molecule is CC(C)=C1C[C@]2(C)C(=O)CCC23CCC[C@@]13CC=O. The lowest BCUT2D eigenvalue weighted by Crippen LogP contribution is -2.41. The van der Waals surface area contributed by atoms with E-state index in [1.165, 1.54) is 17.6 Å². The highest BCUT2D eigenvalue weighted by Crippen LogP contribution is 2.78. The summed E-state index contributed by atoms with van der Waals surface area (Å²) in [5.74, 6) is 0.445. The molecule has 0 aromatic carbocycles. The molecule has 0 amide bonds. The second-order valence-corrected chi connectivity index (χ2v) is 7.30. The van der Waals surface area contributed by atoms with Crippen molar-refractivity contribution in [1.29, 1.82) is 0 Å². The quantitative estimate of drug-likeness (QED) is 0.558. The van der Waals surface area contributed by atoms with E-state index >= 15 is 0 Å². The molecule has 19 heavy (non-hydrogen) atoms. The number of aldehydes is 1. The topological polar surface area (TPSA) is 34.1 Å². The molecular weight excluding hydrogens is 236 g/mol. The Labute approximate surface area is 115 Å². The van der Waals surface area contributed by atoms with Crippen LogP contribution in [0.15, 0.2) is 11.1 Å². The Bertz CT molecular complexity index is 485. The van der Waals surface area contributed by atoms with Gasteiger partial charge in [0.2, 0.25) is 0 Å². The van der Waals surface area contributed by atoms with Crippen molar-refractivity contribution < 1.29 is 9.59 Å². The van der Waals surface area contributed by atoms with Crippen molar-refractivity contribution in [3.63, 3.8) is 0 Å². The smallest absolute Gasteiger partial charge is 0.139 e. The zero-order valence-corrected chi connectivity index (χ0v) is 12.3. The van der Waals surface area contributed by atoms with Gasteiger partial charge in [-0.3, -0.25) is 4.79 Å². The van der Waals surface area contributed by atoms with Gasteiger partial charge in [-0.2, -0.15) is 0 Å². The maximum absolute atomic E-state index is 12.5. The van der Waals surface area contributed by atoms with Gasteiger partial charge in [0.1, 0.15) is 12.1 Å². The van der Waals surface area contributed by atoms with Crippen molar-refractivity contribution in [3.05, 3.63) is 11.1 Å². The van der Waals surface area contributed by atoms with Crippen LogP contribution in [-0.2, 0) is 9.59 Å². The first-order chi connectivity index (χ1) is 8.93. The van der Waals surface area contributed by atoms with E-state index in [-0.39, 0.29) is 16.2 Å². The van der Waals surface area contributed by atoms with Crippen LogP contribution in [-0.4, -0.2) is 12.1 Å². The maximum atomic E-state index is 12.5. The predicted octanol–water partition coefficient (Wildman–Crippen LogP) is 3.84. The molecule has 0 N–H and O–H groups in total. The van der Waals surface area contributed by atoms with E-state index in [4.69, 9.17) is 0 Å². The summed E-state index contributed by atoms with van der Waals surface area (Å²) in [6, 6.07) is 0. The van der Waals surface area contributed by atoms with E-state index < -0.39 is 0 Å². The maximum Gasteiger partial charge on any atom is 0.139 e. The van der Waals surface area contributed by atoms with Gasteiger partial charge in [0.25, 0.3) is 0 Å². The molecule has 3 saturated carbocycles. The summed E-state index contributed by atoms with van der Waals surface area (Å²) < 4.78 is 0. The van der Waals surface area contributed by atoms with Gasteiger partial charge in [0, 0.05) is 23.7 Å². The van der Waals surface area contributed by atoms with E-state index in [9.17, 15) is 9.59 Å². The third-order valence-corrected chi connectivity index (χ3v) is 6.72. The van der Waals surface area contributed by atoms with Gasteiger partial charge in [-0.25, -0.2) is 0 Å². The van der Waals surface area contributed by atoms with Gasteiger partial charge in [-0.15, -0.1) is 0 Å². The fourth-order valence-electron chi connectivity index (χ4n) is 5.93. The molecule has 3 aliphatic carbocycles. The second kappa shape index (κ2) is 3.80. The van der Waals surface area contributed by atoms with Gasteiger partial charge in [0.15, 0.2) is 0 Å². The molecule has 3 rings (SSSR count). The minimum Gasteiger partial charge on any atom is -0.303 e. The van der Waals surface area contributed by atoms with Crippen LogP contribution in [0.2, 0.25) is 0 Å². The molecule has 3 aliphatic rings. The summed E-state index contributed by atoms with van der Waals surface area (Å²) in [7, 11) is 0. The van der Waals surface area contributed by atoms with Crippen LogP contribution in [0.1, 0.15) is 65.7 Å². The molecule has 3 fully saturated rings. The minimum atomic E-state index is -0.195. The standard InChI is InChI=1S/C17H24O2/c1-12(2)13-11-15(3)14(19)5-8-17(15)7-4-6-16(13,17)9-10-18/h10H,4-9,11H2,1-3H3/t15-,16-,17?/m1/s1. The monoisotopic (exact) mass is 260 g/mol. The normalized spacial score (nSPS) is 44.4. The zero-order chi connectivity index (χ0) is 13.9. The van der Waals surface area contributed by atoms with Crippen LogP contribution in [0.25, 0.3) is 0 Å². The van der Waals surface area contributed by atoms with Gasteiger partial charge in [0.05, 0.1) is 0 Å². The highest BCUT2D eigenvalue weighted by molar-refractivity contribution is 5.90. The van der Waals surface area contributed by atoms with E-state index in [1.807, 2.05) is 0 Å². The molecule has 2 heteroatoms. The molecule has 0 aliphatic heterocycles. The van der Waals surface area contributed by atoms with Gasteiger partial charge in [-0.05, 0) is 44.9 Å². The van der Waals surface area contributed by atoms with Crippen molar-refractivity contribution in [3.8, 4) is 0 Å². The van der Waals surface area contributed by atoms with E-state index in [2.05, 4.69) is 20.8 Å². The molecule has 0 saturated heterocycles. The number of hydrogen-bond acceptors (Lipinski definition) is 2. The van der Waals surface area contributed by atoms with Crippen LogP contribution in [0.4, 0.5) is 0 Å². The average Bonchev–Trinajstić information content (AvgIpc) is 2.89. The van der Waals surface area contributed by atoms with Crippen LogP contribution in [0, 0.1) is 16.2 Å². The molecule has 0 radical (unpaired) electrons. The molecule has 104 valence electrons. The van der Waals surface area contributed by atoms with Gasteiger partial charge >= 0.3 is 0 Å². The van der Waals surface area contributed by atoms with E-state index in [0.29, 0.717) is 12.2 Å². The summed E-state index contributed by atoms with van der Waals surface area (Å²) in [5, 5.41) is 0. The fraction of sp³-hybridized carbons (Fsp3) is 0.765. The number of allylic oxidation sites excluding steroid dienone is 2. The molecule has 1 spiro atoms. The first kappa shape index (κ1) is 13.1. The molecule has 0 aromatic rings. The Balaban J connectivity index is 2.25. The van der Waals surface area contributed by atoms with Crippen molar-refractivity contribution in [2.24, 2.45) is 16.2 Å². The van der Waals surface area contributed by atoms with E-state index in [1.54, 1.807) is 0 Å². The summed E-state index contributed by atoms with van der Waals surface area (Å²) in [4.78, 5) is 23.8. The lowest BCUT2D eigenvalue weighted by molar-refractivity contribution is -0.129. The zero-order valence-electron chi connectivity index (χ0n) is 12.3. The Morgan fingerprint density at radius 3 is 2.63 bits per heavy atom. The number of ketones is 1. The number of rotatable bonds is 2. The number of hydrogen-bond donors (Lipinski definition) is 0. The summed E-state index contributed by atoms with van der Waals surface area (Å²) in [6.45, 7) is 6.49. The Hall–Kier alpha value is -0.920. The molecule has 0 bridgehead atoms. The first-order valence-corrected chi connectivity index (χ1v) is 7.57. The van der Waals surface area contributed by atoms with Crippen molar-refractivity contribution >= 4 is 12.1 Å². The summed E-state index contributed by atoms with van der Waals surface area (Å²) >= 11 is 0. The predicted molar refractivity (Wildman–Crippen MR) is 74.7 cm³/mol. The molecule has 0 aromatic heterocycles. The molecular formula is C17H24O2. The number of carbonyl (C=O) groups is 2. The third-order valence-electron chi connectivity index (χ3n) is 6.72. The van der Waals surface area contributed by atoms with Gasteiger partial charge in [-0.1, -0.05) is 24.5 Å². The minimum absolute atomic E-state index is 0.00843. The van der Waals surface area contributed by atoms with Gasteiger partial charge < -0.3 is 4.79 Å². The average molecular weight is 260 g/mol. The molecule has 1 unspecified atom stereocenters. The Morgan fingerprint density at radius 2 is 2.00 bits per heavy atom. The lowest BCUT2D eigenvalue weighted by atomic mass is 9.58. The molecule has 3 atom stereocenters. The fourth-order valence-corrected chi connectivity index (χ4v) is 5.93. The number of carbonyl (C=O) groups excluding carboxylic acids is 2. The Morgan fingerprint density at radius 1 is 1.26 bits per heavy atom. The largest absolute Gasteiger partial charge is 0.303 e. The van der Waals surface area contributed by atoms with Crippen LogP contribution in [0.3, 0.4) is 0 Å². The van der Waals surface area contributed by atoms with Crippen LogP contribution < -0.4 is 0 Å². The van der Waals surface area contributed by atoms with E-state index in [0.717, 1.165) is 38.4 Å². The molecule has 0 heterocycles. The number of Topliss-reactive ketones (excluding diaryl/α,β-unsaturated/α-hetero) is 1. The van der Waals surface area contributed by atoms with Crippen LogP contribution in [0.5, 0.6) is 0 Å². The second-order valence-electron chi connectivity index (χ2n) is 7.30. The molecule has 2 nitrogen and oxygen atoms in total. The van der Waals surface area contributed by atoms with Crippen molar-refractivity contribution in [2.45, 2.75) is 65.7 Å². The first-order valence-electron chi connectivity index (χ1n) is 7.57. The summed E-state index contributed by atoms with van der Waals surface area (Å²) in [5.41, 5.74) is 2.68. The summed E-state index contributed by atoms with van der Waals surface area (Å²) in [6.07, 6.45) is 7.78. The highest BCUT2D eigenvalue weighted by Gasteiger charge is 2.73. The third kappa shape index (κ3) is 1.24. The Kier molecular flexibility index (Phi) is 2.62. The van der Waals surface area contributed by atoms with Crippen LogP contribution >= 0.6 is 0 Å².